The molecule has 6 nitrogen and oxygen atoms in total. The summed E-state index contributed by atoms with van der Waals surface area (Å²) in [5.41, 5.74) is 1.91. The number of benzene rings is 2. The van der Waals surface area contributed by atoms with Gasteiger partial charge in [-0.15, -0.1) is 0 Å². The van der Waals surface area contributed by atoms with Crippen LogP contribution in [0.15, 0.2) is 47.4 Å². The Kier molecular flexibility index (Phi) is 3.50. The Balaban J connectivity index is 1.88. The normalized spacial score (nSPS) is 13.4. The van der Waals surface area contributed by atoms with Crippen molar-refractivity contribution in [2.45, 2.75) is 11.3 Å². The number of anilines is 2. The molecule has 7 heteroatoms. The van der Waals surface area contributed by atoms with Crippen molar-refractivity contribution in [2.24, 2.45) is 0 Å². The second kappa shape index (κ2) is 5.34. The smallest absolute Gasteiger partial charge is 0.262 e. The van der Waals surface area contributed by atoms with Gasteiger partial charge < -0.3 is 10.1 Å². The molecule has 1 amide bonds. The van der Waals surface area contributed by atoms with Crippen LogP contribution in [0.25, 0.3) is 0 Å². The van der Waals surface area contributed by atoms with Gasteiger partial charge in [0, 0.05) is 17.4 Å². The molecule has 0 spiro atoms. The summed E-state index contributed by atoms with van der Waals surface area (Å²) in [5, 5.41) is 2.70. The number of rotatable bonds is 4. The Labute approximate surface area is 128 Å². The van der Waals surface area contributed by atoms with Gasteiger partial charge in [-0.25, -0.2) is 8.42 Å². The third-order valence-electron chi connectivity index (χ3n) is 3.33. The number of hydrogen-bond acceptors (Lipinski definition) is 4. The van der Waals surface area contributed by atoms with E-state index < -0.39 is 10.0 Å². The summed E-state index contributed by atoms with van der Waals surface area (Å²) in [4.78, 5) is 11.4. The summed E-state index contributed by atoms with van der Waals surface area (Å²) in [6.45, 7) is 0. The third-order valence-corrected chi connectivity index (χ3v) is 4.71. The van der Waals surface area contributed by atoms with Crippen molar-refractivity contribution < 1.29 is 17.9 Å². The Morgan fingerprint density at radius 2 is 2.00 bits per heavy atom. The highest BCUT2D eigenvalue weighted by molar-refractivity contribution is 7.92. The maximum atomic E-state index is 12.4. The van der Waals surface area contributed by atoms with Gasteiger partial charge in [-0.1, -0.05) is 6.07 Å². The molecule has 1 aliphatic heterocycles. The monoisotopic (exact) mass is 318 g/mol. The van der Waals surface area contributed by atoms with Gasteiger partial charge in [-0.2, -0.15) is 0 Å². The van der Waals surface area contributed by atoms with Crippen molar-refractivity contribution in [1.29, 1.82) is 0 Å². The van der Waals surface area contributed by atoms with E-state index in [1.807, 2.05) is 0 Å². The molecule has 1 heterocycles. The fourth-order valence-corrected chi connectivity index (χ4v) is 3.36. The SMILES string of the molecule is COc1cccc(S(=O)(=O)Nc2ccc3c(c2)CC(=O)N3)c1. The highest BCUT2D eigenvalue weighted by Crippen LogP contribution is 2.27. The lowest BCUT2D eigenvalue weighted by atomic mass is 10.1. The molecule has 114 valence electrons. The first kappa shape index (κ1) is 14.4. The topological polar surface area (TPSA) is 84.5 Å². The molecular formula is C15H14N2O4S. The molecule has 0 saturated heterocycles. The van der Waals surface area contributed by atoms with Crippen LogP contribution < -0.4 is 14.8 Å². The minimum absolute atomic E-state index is 0.0946. The van der Waals surface area contributed by atoms with Crippen LogP contribution in [0.4, 0.5) is 11.4 Å². The number of hydrogen-bond donors (Lipinski definition) is 2. The Hall–Kier alpha value is -2.54. The van der Waals surface area contributed by atoms with Crippen LogP contribution in [0.5, 0.6) is 5.75 Å². The molecule has 0 atom stereocenters. The summed E-state index contributed by atoms with van der Waals surface area (Å²) in [6.07, 6.45) is 0.254. The summed E-state index contributed by atoms with van der Waals surface area (Å²) in [7, 11) is -2.24. The summed E-state index contributed by atoms with van der Waals surface area (Å²) >= 11 is 0. The van der Waals surface area contributed by atoms with E-state index >= 15 is 0 Å². The first-order valence-corrected chi connectivity index (χ1v) is 8.06. The van der Waals surface area contributed by atoms with Crippen molar-refractivity contribution in [3.05, 3.63) is 48.0 Å². The van der Waals surface area contributed by atoms with Gasteiger partial charge in [-0.3, -0.25) is 9.52 Å². The fourth-order valence-electron chi connectivity index (χ4n) is 2.28. The van der Waals surface area contributed by atoms with Gasteiger partial charge in [0.05, 0.1) is 18.4 Å². The molecule has 0 fully saturated rings. The van der Waals surface area contributed by atoms with Gasteiger partial charge in [0.15, 0.2) is 0 Å². The zero-order valence-electron chi connectivity index (χ0n) is 11.8. The zero-order valence-corrected chi connectivity index (χ0v) is 12.6. The highest BCUT2D eigenvalue weighted by atomic mass is 32.2. The molecule has 2 aromatic carbocycles. The number of sulfonamides is 1. The first-order valence-electron chi connectivity index (χ1n) is 6.57. The number of amides is 1. The Morgan fingerprint density at radius 3 is 2.77 bits per heavy atom. The van der Waals surface area contributed by atoms with Crippen LogP contribution >= 0.6 is 0 Å². The molecule has 0 radical (unpaired) electrons. The number of carbonyl (C=O) groups excluding carboxylic acids is 1. The standard InChI is InChI=1S/C15H14N2O4S/c1-21-12-3-2-4-13(9-12)22(19,20)17-11-5-6-14-10(7-11)8-15(18)16-14/h2-7,9,17H,8H2,1H3,(H,16,18). The van der Waals surface area contributed by atoms with Gasteiger partial charge in [0.1, 0.15) is 5.75 Å². The number of nitrogens with one attached hydrogen (secondary N) is 2. The van der Waals surface area contributed by atoms with Crippen LogP contribution in [0.1, 0.15) is 5.56 Å². The molecule has 0 aromatic heterocycles. The highest BCUT2D eigenvalue weighted by Gasteiger charge is 2.20. The van der Waals surface area contributed by atoms with E-state index in [0.29, 0.717) is 17.1 Å². The molecule has 1 aliphatic rings. The summed E-state index contributed by atoms with van der Waals surface area (Å²) < 4.78 is 32.3. The van der Waals surface area contributed by atoms with Crippen LogP contribution in [0, 0.1) is 0 Å². The average molecular weight is 318 g/mol. The molecule has 0 unspecified atom stereocenters. The minimum atomic E-state index is -3.71. The second-order valence-electron chi connectivity index (χ2n) is 4.88. The number of carbonyl (C=O) groups is 1. The molecular weight excluding hydrogens is 304 g/mol. The maximum Gasteiger partial charge on any atom is 0.262 e. The van der Waals surface area contributed by atoms with E-state index in [9.17, 15) is 13.2 Å². The van der Waals surface area contributed by atoms with Crippen molar-refractivity contribution in [3.63, 3.8) is 0 Å². The van der Waals surface area contributed by atoms with E-state index in [0.717, 1.165) is 5.56 Å². The van der Waals surface area contributed by atoms with Crippen LogP contribution in [0.3, 0.4) is 0 Å². The van der Waals surface area contributed by atoms with Crippen molar-refractivity contribution >= 4 is 27.3 Å². The predicted octanol–water partition coefficient (Wildman–Crippen LogP) is 1.99. The van der Waals surface area contributed by atoms with E-state index in [4.69, 9.17) is 4.74 Å². The van der Waals surface area contributed by atoms with Gasteiger partial charge >= 0.3 is 0 Å². The predicted molar refractivity (Wildman–Crippen MR) is 82.6 cm³/mol. The lowest BCUT2D eigenvalue weighted by Crippen LogP contribution is -2.13. The van der Waals surface area contributed by atoms with E-state index in [1.54, 1.807) is 30.3 Å². The minimum Gasteiger partial charge on any atom is -0.497 e. The van der Waals surface area contributed by atoms with Crippen LogP contribution in [0.2, 0.25) is 0 Å². The zero-order chi connectivity index (χ0) is 15.7. The molecule has 0 aliphatic carbocycles. The van der Waals surface area contributed by atoms with Crippen LogP contribution in [-0.4, -0.2) is 21.4 Å². The molecule has 0 saturated carbocycles. The number of fused-ring (bicyclic) bond motifs is 1. The van der Waals surface area contributed by atoms with E-state index in [1.165, 1.54) is 19.2 Å². The first-order chi connectivity index (χ1) is 10.5. The molecule has 2 aromatic rings. The molecule has 3 rings (SSSR count). The molecule has 0 bridgehead atoms. The fraction of sp³-hybridized carbons (Fsp3) is 0.133. The Bertz CT molecular complexity index is 846. The van der Waals surface area contributed by atoms with Crippen molar-refractivity contribution in [2.75, 3.05) is 17.1 Å². The third kappa shape index (κ3) is 2.75. The average Bonchev–Trinajstić information content (AvgIpc) is 2.86. The number of methoxy groups -OCH3 is 1. The quantitative estimate of drug-likeness (QED) is 0.903. The lowest BCUT2D eigenvalue weighted by Gasteiger charge is -2.10. The Morgan fingerprint density at radius 1 is 1.18 bits per heavy atom. The molecule has 22 heavy (non-hydrogen) atoms. The van der Waals surface area contributed by atoms with E-state index in [2.05, 4.69) is 10.0 Å². The van der Waals surface area contributed by atoms with Gasteiger partial charge in [0.25, 0.3) is 10.0 Å². The van der Waals surface area contributed by atoms with Crippen LogP contribution in [-0.2, 0) is 21.2 Å². The second-order valence-corrected chi connectivity index (χ2v) is 6.56. The van der Waals surface area contributed by atoms with Gasteiger partial charge in [-0.05, 0) is 35.9 Å². The number of ether oxygens (including phenoxy) is 1. The maximum absolute atomic E-state index is 12.4. The largest absolute Gasteiger partial charge is 0.497 e. The van der Waals surface area contributed by atoms with Crippen molar-refractivity contribution in [1.82, 2.24) is 0 Å². The summed E-state index contributed by atoms with van der Waals surface area (Å²) in [5.74, 6) is 0.370. The van der Waals surface area contributed by atoms with E-state index in [-0.39, 0.29) is 17.2 Å². The molecule has 2 N–H and O–H groups in total. The van der Waals surface area contributed by atoms with Crippen molar-refractivity contribution in [3.8, 4) is 5.75 Å². The van der Waals surface area contributed by atoms with Gasteiger partial charge in [0.2, 0.25) is 5.91 Å². The summed E-state index contributed by atoms with van der Waals surface area (Å²) in [6, 6.07) is 11.2. The lowest BCUT2D eigenvalue weighted by molar-refractivity contribution is -0.115.